The van der Waals surface area contributed by atoms with E-state index < -0.39 is 34.0 Å². The van der Waals surface area contributed by atoms with Crippen LogP contribution in [0.1, 0.15) is 39.4 Å². The minimum Gasteiger partial charge on any atom is -0.443 e. The predicted octanol–water partition coefficient (Wildman–Crippen LogP) is 4.99. The molecule has 1 unspecified atom stereocenters. The van der Waals surface area contributed by atoms with Crippen LogP contribution in [-0.4, -0.2) is 26.8 Å². The number of amides is 1. The van der Waals surface area contributed by atoms with Gasteiger partial charge >= 0.3 is 6.09 Å². The maximum absolute atomic E-state index is 13.9. The number of nitrogens with one attached hydrogen (secondary N) is 1. The van der Waals surface area contributed by atoms with Gasteiger partial charge in [-0.1, -0.05) is 6.07 Å². The molecule has 0 spiro atoms. The first kappa shape index (κ1) is 23.6. The van der Waals surface area contributed by atoms with E-state index in [1.54, 1.807) is 33.8 Å². The minimum absolute atomic E-state index is 0.111. The molecule has 10 heteroatoms. The summed E-state index contributed by atoms with van der Waals surface area (Å²) in [6.07, 6.45) is -0.717. The second-order valence-corrected chi connectivity index (χ2v) is 8.35. The van der Waals surface area contributed by atoms with E-state index in [1.807, 2.05) is 0 Å². The van der Waals surface area contributed by atoms with Gasteiger partial charge < -0.3 is 4.74 Å². The number of nitro groups is 1. The first-order valence-corrected chi connectivity index (χ1v) is 10.1. The van der Waals surface area contributed by atoms with Crippen molar-refractivity contribution >= 4 is 17.5 Å². The summed E-state index contributed by atoms with van der Waals surface area (Å²) in [7, 11) is 0. The van der Waals surface area contributed by atoms with Crippen LogP contribution < -0.4 is 10.5 Å². The van der Waals surface area contributed by atoms with Crippen LogP contribution >= 0.6 is 0 Å². The fourth-order valence-electron chi connectivity index (χ4n) is 3.17. The van der Waals surface area contributed by atoms with Crippen LogP contribution in [0.2, 0.25) is 0 Å². The Bertz CT molecular complexity index is 1230. The largest absolute Gasteiger partial charge is 0.443 e. The van der Waals surface area contributed by atoms with Gasteiger partial charge in [0.2, 0.25) is 0 Å². The highest BCUT2D eigenvalue weighted by molar-refractivity contribution is 5.88. The molecule has 0 radical (unpaired) electrons. The lowest BCUT2D eigenvalue weighted by Gasteiger charge is -2.31. The van der Waals surface area contributed by atoms with Crippen LogP contribution in [0.5, 0.6) is 0 Å². The summed E-state index contributed by atoms with van der Waals surface area (Å²) in [5, 5.41) is 17.4. The Labute approximate surface area is 189 Å². The lowest BCUT2D eigenvalue weighted by Crippen LogP contribution is -2.39. The molecule has 2 aromatic carbocycles. The summed E-state index contributed by atoms with van der Waals surface area (Å²) in [6, 6.07) is 11.7. The van der Waals surface area contributed by atoms with Gasteiger partial charge in [0.1, 0.15) is 11.4 Å². The second kappa shape index (κ2) is 9.19. The topological polar surface area (TPSA) is 118 Å². The van der Waals surface area contributed by atoms with E-state index in [9.17, 15) is 24.1 Å². The molecule has 9 nitrogen and oxygen atoms in total. The molecule has 3 aromatic rings. The highest BCUT2D eigenvalue weighted by atomic mass is 19.1. The molecule has 1 atom stereocenters. The Hall–Kier alpha value is -4.08. The number of carbonyl (C=O) groups excluding carboxylic acids is 1. The molecule has 1 heterocycles. The maximum atomic E-state index is 13.9. The third-order valence-electron chi connectivity index (χ3n) is 4.70. The van der Waals surface area contributed by atoms with Crippen molar-refractivity contribution in [1.82, 2.24) is 10.2 Å². The number of anilines is 1. The number of aromatic amines is 1. The number of nitrogens with zero attached hydrogens (tertiary/aromatic N) is 3. The molecule has 1 aromatic heterocycles. The molecule has 0 saturated carbocycles. The van der Waals surface area contributed by atoms with Gasteiger partial charge in [0.15, 0.2) is 0 Å². The summed E-state index contributed by atoms with van der Waals surface area (Å²) >= 11 is 0. The summed E-state index contributed by atoms with van der Waals surface area (Å²) in [4.78, 5) is 37.1. The summed E-state index contributed by atoms with van der Waals surface area (Å²) < 4.78 is 19.4. The molecule has 3 rings (SSSR count). The van der Waals surface area contributed by atoms with E-state index in [0.717, 1.165) is 0 Å². The van der Waals surface area contributed by atoms with Gasteiger partial charge in [-0.05, 0) is 69.7 Å². The average molecular weight is 454 g/mol. The number of hydrogen-bond donors (Lipinski definition) is 1. The SMILES string of the molecule is CC(c1cc(-c2ccc([N+](=O)[O-])cc2)c(=O)[nH]n1)N(C(=O)OC(C)(C)C)c1cccc(F)c1. The van der Waals surface area contributed by atoms with Crippen LogP contribution in [0.4, 0.5) is 20.6 Å². The third kappa shape index (κ3) is 5.59. The van der Waals surface area contributed by atoms with Gasteiger partial charge in [0, 0.05) is 12.1 Å². The Balaban J connectivity index is 2.05. The molecular formula is C23H23FN4O5. The molecule has 1 amide bonds. The summed E-state index contributed by atoms with van der Waals surface area (Å²) in [6.45, 7) is 6.80. The first-order chi connectivity index (χ1) is 15.5. The third-order valence-corrected chi connectivity index (χ3v) is 4.70. The van der Waals surface area contributed by atoms with Crippen molar-refractivity contribution in [2.75, 3.05) is 4.90 Å². The lowest BCUT2D eigenvalue weighted by molar-refractivity contribution is -0.384. The van der Waals surface area contributed by atoms with Crippen molar-refractivity contribution in [2.24, 2.45) is 0 Å². The van der Waals surface area contributed by atoms with E-state index in [4.69, 9.17) is 4.74 Å². The lowest BCUT2D eigenvalue weighted by atomic mass is 10.0. The fourth-order valence-corrected chi connectivity index (χ4v) is 3.17. The zero-order valence-electron chi connectivity index (χ0n) is 18.5. The molecule has 1 N–H and O–H groups in total. The second-order valence-electron chi connectivity index (χ2n) is 8.35. The van der Waals surface area contributed by atoms with Crippen LogP contribution in [0, 0.1) is 15.9 Å². The van der Waals surface area contributed by atoms with Gasteiger partial charge in [0.25, 0.3) is 11.2 Å². The molecule has 0 fully saturated rings. The molecule has 0 bridgehead atoms. The van der Waals surface area contributed by atoms with Gasteiger partial charge in [-0.2, -0.15) is 5.10 Å². The number of ether oxygens (including phenoxy) is 1. The number of H-pyrrole nitrogens is 1. The molecule has 0 saturated heterocycles. The summed E-state index contributed by atoms with van der Waals surface area (Å²) in [5.41, 5.74) is -0.211. The highest BCUT2D eigenvalue weighted by Gasteiger charge is 2.30. The van der Waals surface area contributed by atoms with E-state index in [-0.39, 0.29) is 16.9 Å². The Kier molecular flexibility index (Phi) is 6.57. The summed E-state index contributed by atoms with van der Waals surface area (Å²) in [5.74, 6) is -0.533. The molecule has 0 aliphatic carbocycles. The van der Waals surface area contributed by atoms with Gasteiger partial charge in [-0.25, -0.2) is 14.3 Å². The number of nitro benzene ring substituents is 1. The van der Waals surface area contributed by atoms with Gasteiger partial charge in [-0.15, -0.1) is 0 Å². The number of aromatic nitrogens is 2. The van der Waals surface area contributed by atoms with E-state index in [2.05, 4.69) is 10.2 Å². The van der Waals surface area contributed by atoms with E-state index >= 15 is 0 Å². The maximum Gasteiger partial charge on any atom is 0.415 e. The normalized spacial score (nSPS) is 12.2. The number of non-ortho nitro benzene ring substituents is 1. The van der Waals surface area contributed by atoms with Crippen LogP contribution in [0.15, 0.2) is 59.4 Å². The average Bonchev–Trinajstić information content (AvgIpc) is 2.73. The zero-order valence-corrected chi connectivity index (χ0v) is 18.5. The minimum atomic E-state index is -0.801. The Morgan fingerprint density at radius 3 is 2.42 bits per heavy atom. The van der Waals surface area contributed by atoms with E-state index in [1.165, 1.54) is 53.4 Å². The van der Waals surface area contributed by atoms with Crippen molar-refractivity contribution in [3.8, 4) is 11.1 Å². The van der Waals surface area contributed by atoms with Crippen molar-refractivity contribution in [2.45, 2.75) is 39.3 Å². The number of hydrogen-bond acceptors (Lipinski definition) is 6. The molecular weight excluding hydrogens is 431 g/mol. The molecule has 172 valence electrons. The Morgan fingerprint density at radius 1 is 1.18 bits per heavy atom. The molecule has 33 heavy (non-hydrogen) atoms. The monoisotopic (exact) mass is 454 g/mol. The van der Waals surface area contributed by atoms with Crippen LogP contribution in [-0.2, 0) is 4.74 Å². The standard InChI is InChI=1S/C23H23FN4O5/c1-14(27(22(30)33-23(2,3)4)18-7-5-6-16(24)12-18)20-13-19(21(29)26-25-20)15-8-10-17(11-9-15)28(31)32/h5-14H,1-4H3,(H,26,29). The molecule has 0 aliphatic rings. The predicted molar refractivity (Wildman–Crippen MR) is 120 cm³/mol. The van der Waals surface area contributed by atoms with Gasteiger partial charge in [0.05, 0.1) is 27.9 Å². The number of carbonyl (C=O) groups is 1. The van der Waals surface area contributed by atoms with Crippen LogP contribution in [0.3, 0.4) is 0 Å². The number of rotatable bonds is 5. The van der Waals surface area contributed by atoms with Crippen LogP contribution in [0.25, 0.3) is 11.1 Å². The van der Waals surface area contributed by atoms with E-state index in [0.29, 0.717) is 11.3 Å². The van der Waals surface area contributed by atoms with Crippen molar-refractivity contribution in [3.63, 3.8) is 0 Å². The number of halogens is 1. The van der Waals surface area contributed by atoms with Gasteiger partial charge in [-0.3, -0.25) is 19.8 Å². The zero-order chi connectivity index (χ0) is 24.3. The smallest absolute Gasteiger partial charge is 0.415 e. The Morgan fingerprint density at radius 2 is 1.85 bits per heavy atom. The fraction of sp³-hybridized carbons (Fsp3) is 0.261. The quantitative estimate of drug-likeness (QED) is 0.429. The number of benzene rings is 2. The van der Waals surface area contributed by atoms with Crippen molar-refractivity contribution < 1.29 is 18.8 Å². The first-order valence-electron chi connectivity index (χ1n) is 10.1. The highest BCUT2D eigenvalue weighted by Crippen LogP contribution is 2.30. The molecule has 0 aliphatic heterocycles. The van der Waals surface area contributed by atoms with Crippen molar-refractivity contribution in [1.29, 1.82) is 0 Å². The van der Waals surface area contributed by atoms with Crippen molar-refractivity contribution in [3.05, 3.63) is 86.6 Å².